The summed E-state index contributed by atoms with van der Waals surface area (Å²) in [6, 6.07) is 16.7. The monoisotopic (exact) mass is 532 g/mol. The molecule has 4 rings (SSSR count). The first-order valence-electron chi connectivity index (χ1n) is 10.0. The summed E-state index contributed by atoms with van der Waals surface area (Å²) in [5.41, 5.74) is 0.403. The number of benzene rings is 3. The third-order valence-electron chi connectivity index (χ3n) is 4.57. The number of para-hydroxylation sites is 2. The zero-order valence-corrected chi connectivity index (χ0v) is 20.4. The number of halogens is 1. The predicted octanol–water partition coefficient (Wildman–Crippen LogP) is 4.57. The van der Waals surface area contributed by atoms with E-state index in [-0.39, 0.29) is 20.6 Å². The first-order chi connectivity index (χ1) is 16.8. The van der Waals surface area contributed by atoms with Crippen molar-refractivity contribution in [3.63, 3.8) is 0 Å². The Morgan fingerprint density at radius 3 is 2.60 bits per heavy atom. The first-order valence-corrected chi connectivity index (χ1v) is 12.7. The van der Waals surface area contributed by atoms with Crippen molar-refractivity contribution >= 4 is 44.8 Å². The number of hydrogen-bond donors (Lipinski definition) is 1. The van der Waals surface area contributed by atoms with Crippen LogP contribution in [0.3, 0.4) is 0 Å². The number of rotatable bonds is 9. The summed E-state index contributed by atoms with van der Waals surface area (Å²) in [5.74, 6) is 0.536. The first kappa shape index (κ1) is 24.4. The normalized spacial score (nSPS) is 11.3. The molecule has 0 radical (unpaired) electrons. The van der Waals surface area contributed by atoms with Crippen LogP contribution in [0, 0.1) is 10.1 Å². The summed E-state index contributed by atoms with van der Waals surface area (Å²) in [7, 11) is -4.09. The lowest BCUT2D eigenvalue weighted by atomic mass is 10.3. The highest BCUT2D eigenvalue weighted by atomic mass is 35.5. The topological polar surface area (TPSA) is 142 Å². The van der Waals surface area contributed by atoms with Gasteiger partial charge in [-0.15, -0.1) is 5.10 Å². The van der Waals surface area contributed by atoms with Crippen LogP contribution in [0.4, 0.5) is 11.4 Å². The molecule has 0 saturated carbocycles. The molecule has 0 aliphatic rings. The van der Waals surface area contributed by atoms with E-state index >= 15 is 0 Å². The van der Waals surface area contributed by atoms with Crippen LogP contribution < -0.4 is 9.46 Å². The van der Waals surface area contributed by atoms with E-state index in [1.54, 1.807) is 24.3 Å². The van der Waals surface area contributed by atoms with E-state index in [4.69, 9.17) is 16.3 Å². The molecule has 0 spiro atoms. The average Bonchev–Trinajstić information content (AvgIpc) is 3.29. The van der Waals surface area contributed by atoms with Crippen molar-refractivity contribution in [3.05, 3.63) is 81.9 Å². The molecule has 1 N–H and O–H groups in total. The molecule has 35 heavy (non-hydrogen) atoms. The Labute approximate surface area is 209 Å². The summed E-state index contributed by atoms with van der Waals surface area (Å²) in [5, 5.41) is 24.1. The Kier molecular flexibility index (Phi) is 7.19. The van der Waals surface area contributed by atoms with Crippen LogP contribution >= 0.6 is 23.4 Å². The Bertz CT molecular complexity index is 1480. The molecular formula is C21H17ClN6O5S2. The van der Waals surface area contributed by atoms with Gasteiger partial charge in [0.2, 0.25) is 5.16 Å². The van der Waals surface area contributed by atoms with Crippen molar-refractivity contribution in [3.8, 4) is 11.4 Å². The lowest BCUT2D eigenvalue weighted by Crippen LogP contribution is -2.13. The van der Waals surface area contributed by atoms with Gasteiger partial charge in [0.05, 0.1) is 21.3 Å². The van der Waals surface area contributed by atoms with Gasteiger partial charge in [-0.2, -0.15) is 4.68 Å². The van der Waals surface area contributed by atoms with Gasteiger partial charge in [-0.05, 0) is 77.6 Å². The van der Waals surface area contributed by atoms with Crippen LogP contribution in [-0.2, 0) is 10.0 Å². The molecule has 3 aromatic carbocycles. The second-order valence-electron chi connectivity index (χ2n) is 6.88. The van der Waals surface area contributed by atoms with Gasteiger partial charge in [0, 0.05) is 16.8 Å². The van der Waals surface area contributed by atoms with Crippen LogP contribution in [0.1, 0.15) is 6.92 Å². The average molecular weight is 533 g/mol. The Balaban J connectivity index is 1.66. The Hall–Kier alpha value is -3.68. The van der Waals surface area contributed by atoms with Crippen LogP contribution in [0.5, 0.6) is 5.75 Å². The number of ether oxygens (including phenoxy) is 1. The highest BCUT2D eigenvalue weighted by Gasteiger charge is 2.24. The zero-order valence-electron chi connectivity index (χ0n) is 18.0. The molecule has 0 aliphatic carbocycles. The van der Waals surface area contributed by atoms with Crippen molar-refractivity contribution in [1.29, 1.82) is 0 Å². The molecule has 180 valence electrons. The third-order valence-corrected chi connectivity index (χ3v) is 7.20. The van der Waals surface area contributed by atoms with E-state index in [1.165, 1.54) is 41.1 Å². The fourth-order valence-corrected chi connectivity index (χ4v) is 5.10. The quantitative estimate of drug-likeness (QED) is 0.242. The van der Waals surface area contributed by atoms with E-state index in [9.17, 15) is 18.5 Å². The largest absolute Gasteiger partial charge is 0.492 e. The van der Waals surface area contributed by atoms with Gasteiger partial charge in [0.25, 0.3) is 15.7 Å². The lowest BCUT2D eigenvalue weighted by Gasteiger charge is -2.11. The van der Waals surface area contributed by atoms with Crippen LogP contribution in [0.15, 0.2) is 81.7 Å². The summed E-state index contributed by atoms with van der Waals surface area (Å²) in [4.78, 5) is 11.0. The van der Waals surface area contributed by atoms with Crippen molar-refractivity contribution in [2.75, 3.05) is 11.3 Å². The van der Waals surface area contributed by atoms with Crippen LogP contribution in [0.25, 0.3) is 5.69 Å². The maximum Gasteiger partial charge on any atom is 0.284 e. The Morgan fingerprint density at radius 2 is 1.89 bits per heavy atom. The van der Waals surface area contributed by atoms with Gasteiger partial charge in [0.1, 0.15) is 11.4 Å². The minimum absolute atomic E-state index is 0.158. The number of nitrogens with zero attached hydrogens (tertiary/aromatic N) is 5. The van der Waals surface area contributed by atoms with Crippen LogP contribution in [0.2, 0.25) is 5.02 Å². The second-order valence-corrected chi connectivity index (χ2v) is 10.0. The fraction of sp³-hybridized carbons (Fsp3) is 0.0952. The van der Waals surface area contributed by atoms with Crippen molar-refractivity contribution in [1.82, 2.24) is 20.2 Å². The molecule has 0 amide bonds. The highest BCUT2D eigenvalue weighted by Crippen LogP contribution is 2.37. The fourth-order valence-electron chi connectivity index (χ4n) is 3.03. The summed E-state index contributed by atoms with van der Waals surface area (Å²) >= 11 is 6.75. The standard InChI is InChI=1S/C21H17ClN6O5S2/c1-2-33-19-6-4-3-5-17(19)27-21(23-25-26-27)34-20-12-11-16(13-18(20)28(29)30)35(31,32)24-15-9-7-14(22)8-10-15/h3-13,24H,2H2,1H3. The number of sulfonamides is 1. The lowest BCUT2D eigenvalue weighted by molar-refractivity contribution is -0.388. The number of anilines is 1. The molecule has 11 nitrogen and oxygen atoms in total. The molecule has 0 saturated heterocycles. The third kappa shape index (κ3) is 5.53. The van der Waals surface area contributed by atoms with Gasteiger partial charge in [0.15, 0.2) is 0 Å². The number of tetrazole rings is 1. The van der Waals surface area contributed by atoms with Crippen molar-refractivity contribution in [2.24, 2.45) is 0 Å². The van der Waals surface area contributed by atoms with Crippen LogP contribution in [-0.4, -0.2) is 40.2 Å². The zero-order chi connectivity index (χ0) is 25.0. The van der Waals surface area contributed by atoms with Crippen molar-refractivity contribution < 1.29 is 18.1 Å². The van der Waals surface area contributed by atoms with E-state index in [2.05, 4.69) is 20.2 Å². The van der Waals surface area contributed by atoms with E-state index in [1.807, 2.05) is 6.92 Å². The van der Waals surface area contributed by atoms with Gasteiger partial charge in [-0.1, -0.05) is 23.7 Å². The molecule has 0 bridgehead atoms. The van der Waals surface area contributed by atoms with Crippen molar-refractivity contribution in [2.45, 2.75) is 21.9 Å². The molecule has 1 heterocycles. The van der Waals surface area contributed by atoms with Gasteiger partial charge < -0.3 is 4.74 Å². The number of aromatic nitrogens is 4. The molecule has 0 atom stereocenters. The summed E-state index contributed by atoms with van der Waals surface area (Å²) < 4.78 is 35.0. The molecule has 14 heteroatoms. The number of nitro groups is 1. The molecule has 0 aliphatic heterocycles. The molecule has 0 unspecified atom stereocenters. The molecule has 1 aromatic heterocycles. The number of hydrogen-bond acceptors (Lipinski definition) is 9. The summed E-state index contributed by atoms with van der Waals surface area (Å²) in [6.45, 7) is 2.26. The molecule has 0 fully saturated rings. The van der Waals surface area contributed by atoms with Gasteiger partial charge in [-0.3, -0.25) is 14.8 Å². The second kappa shape index (κ2) is 10.3. The summed E-state index contributed by atoms with van der Waals surface area (Å²) in [6.07, 6.45) is 0. The van der Waals surface area contributed by atoms with E-state index in [0.717, 1.165) is 17.8 Å². The number of nitrogens with one attached hydrogen (secondary N) is 1. The smallest absolute Gasteiger partial charge is 0.284 e. The minimum atomic E-state index is -4.09. The maximum atomic E-state index is 12.8. The number of nitro benzene ring substituents is 1. The minimum Gasteiger partial charge on any atom is -0.492 e. The highest BCUT2D eigenvalue weighted by molar-refractivity contribution is 7.99. The van der Waals surface area contributed by atoms with Gasteiger partial charge in [-0.25, -0.2) is 8.42 Å². The maximum absolute atomic E-state index is 12.8. The Morgan fingerprint density at radius 1 is 1.14 bits per heavy atom. The predicted molar refractivity (Wildman–Crippen MR) is 130 cm³/mol. The molecule has 4 aromatic rings. The molecular weight excluding hydrogens is 516 g/mol. The SMILES string of the molecule is CCOc1ccccc1-n1nnnc1Sc1ccc(S(=O)(=O)Nc2ccc(Cl)cc2)cc1[N+](=O)[O-]. The van der Waals surface area contributed by atoms with Gasteiger partial charge >= 0.3 is 0 Å². The van der Waals surface area contributed by atoms with E-state index in [0.29, 0.717) is 23.1 Å². The van der Waals surface area contributed by atoms with E-state index < -0.39 is 20.6 Å².